The molecule has 0 amide bonds. The first-order valence-electron chi connectivity index (χ1n) is 10.3. The number of thiophene rings is 1. The summed E-state index contributed by atoms with van der Waals surface area (Å²) in [6.45, 7) is 0.0330. The minimum absolute atomic E-state index is 0.00401. The molecule has 0 radical (unpaired) electrons. The highest BCUT2D eigenvalue weighted by atomic mass is 35.5. The van der Waals surface area contributed by atoms with Gasteiger partial charge in [-0.25, -0.2) is 18.7 Å². The van der Waals surface area contributed by atoms with Gasteiger partial charge >= 0.3 is 0 Å². The Morgan fingerprint density at radius 2 is 1.97 bits per heavy atom. The van der Waals surface area contributed by atoms with Crippen molar-refractivity contribution in [2.45, 2.75) is 13.1 Å². The van der Waals surface area contributed by atoms with Crippen molar-refractivity contribution in [3.8, 4) is 11.4 Å². The highest BCUT2D eigenvalue weighted by Crippen LogP contribution is 2.30. The van der Waals surface area contributed by atoms with Crippen molar-refractivity contribution in [2.24, 2.45) is 0 Å². The number of nitrogens with zero attached hydrogens (tertiary/aromatic N) is 6. The third-order valence-corrected chi connectivity index (χ3v) is 6.28. The molecular weight excluding hydrogens is 516 g/mol. The zero-order valence-electron chi connectivity index (χ0n) is 18.1. The molecule has 5 aromatic rings. The summed E-state index contributed by atoms with van der Waals surface area (Å²) in [7, 11) is 0. The maximum absolute atomic E-state index is 15.8. The number of halogens is 3. The van der Waals surface area contributed by atoms with Crippen LogP contribution in [0, 0.1) is 11.6 Å². The van der Waals surface area contributed by atoms with Gasteiger partial charge in [-0.05, 0) is 12.1 Å². The van der Waals surface area contributed by atoms with E-state index in [4.69, 9.17) is 16.1 Å². The van der Waals surface area contributed by atoms with Crippen LogP contribution in [0.2, 0.25) is 4.34 Å². The summed E-state index contributed by atoms with van der Waals surface area (Å²) in [6.07, 6.45) is 6.48. The van der Waals surface area contributed by atoms with E-state index in [2.05, 4.69) is 25.5 Å². The molecule has 0 fully saturated rings. The molecule has 0 saturated carbocycles. The van der Waals surface area contributed by atoms with Crippen molar-refractivity contribution in [3.05, 3.63) is 97.8 Å². The van der Waals surface area contributed by atoms with E-state index in [0.717, 1.165) is 38.7 Å². The molecule has 0 aromatic carbocycles. The lowest BCUT2D eigenvalue weighted by Crippen LogP contribution is -2.23. The molecule has 0 bridgehead atoms. The van der Waals surface area contributed by atoms with Gasteiger partial charge in [0.15, 0.2) is 11.6 Å². The van der Waals surface area contributed by atoms with Gasteiger partial charge in [0.2, 0.25) is 0 Å². The fourth-order valence-corrected chi connectivity index (χ4v) is 4.46. The largest absolute Gasteiger partial charge is 0.364 e. The molecule has 5 heterocycles. The Kier molecular flexibility index (Phi) is 6.40. The number of nitrogens with one attached hydrogen (secondary N) is 1. The summed E-state index contributed by atoms with van der Waals surface area (Å²) in [4.78, 5) is 34.3. The molecule has 0 atom stereocenters. The van der Waals surface area contributed by atoms with E-state index in [1.807, 2.05) is 0 Å². The van der Waals surface area contributed by atoms with Gasteiger partial charge in [-0.3, -0.25) is 9.59 Å². The number of carbonyl (C=O) groups excluding carboxylic acids is 1. The number of rotatable bonds is 7. The third kappa shape index (κ3) is 4.65. The van der Waals surface area contributed by atoms with E-state index in [9.17, 15) is 14.0 Å². The van der Waals surface area contributed by atoms with Crippen LogP contribution in [0.1, 0.15) is 20.8 Å². The Hall–Kier alpha value is -4.23. The molecule has 0 aliphatic rings. The van der Waals surface area contributed by atoms with Crippen molar-refractivity contribution in [2.75, 3.05) is 5.32 Å². The first kappa shape index (κ1) is 23.5. The Morgan fingerprint density at radius 1 is 1.17 bits per heavy atom. The standard InChI is InChI=1S/C22H14ClF2N7O3S/c23-17-2-1-15(36-17)8-28-21-19(25)20(30-32(21)22(34)13-7-29-35-10-13)16-3-14(24)4-18(33)31(16)9-12-5-26-11-27-6-12/h1-7,10-11,28H,8-9H2. The fourth-order valence-electron chi connectivity index (χ4n) is 3.43. The molecule has 36 heavy (non-hydrogen) atoms. The van der Waals surface area contributed by atoms with Crippen LogP contribution in [0.3, 0.4) is 0 Å². The smallest absolute Gasteiger partial charge is 0.285 e. The van der Waals surface area contributed by atoms with Crippen LogP contribution < -0.4 is 10.9 Å². The lowest BCUT2D eigenvalue weighted by Gasteiger charge is -2.11. The number of pyridine rings is 1. The highest BCUT2D eigenvalue weighted by Gasteiger charge is 2.27. The molecule has 0 aliphatic carbocycles. The summed E-state index contributed by atoms with van der Waals surface area (Å²) in [5.41, 5.74) is -0.818. The predicted octanol–water partition coefficient (Wildman–Crippen LogP) is 3.83. The lowest BCUT2D eigenvalue weighted by atomic mass is 10.2. The second kappa shape index (κ2) is 9.79. The summed E-state index contributed by atoms with van der Waals surface area (Å²) in [5, 5.41) is 10.5. The van der Waals surface area contributed by atoms with Gasteiger partial charge in [0.1, 0.15) is 29.7 Å². The van der Waals surface area contributed by atoms with Crippen LogP contribution in [0.25, 0.3) is 11.4 Å². The Morgan fingerprint density at radius 3 is 2.67 bits per heavy atom. The van der Waals surface area contributed by atoms with Gasteiger partial charge in [0.05, 0.1) is 29.3 Å². The monoisotopic (exact) mass is 529 g/mol. The van der Waals surface area contributed by atoms with Crippen LogP contribution in [0.5, 0.6) is 0 Å². The number of anilines is 1. The summed E-state index contributed by atoms with van der Waals surface area (Å²) < 4.78 is 37.3. The SMILES string of the molecule is O=C(c1cnoc1)n1nc(-c2cc(F)cc(=O)n2Cc2cncnc2)c(F)c1NCc1ccc(Cl)s1. The van der Waals surface area contributed by atoms with Gasteiger partial charge in [0, 0.05) is 35.0 Å². The van der Waals surface area contributed by atoms with E-state index >= 15 is 4.39 Å². The first-order valence-corrected chi connectivity index (χ1v) is 11.5. The van der Waals surface area contributed by atoms with E-state index in [-0.39, 0.29) is 30.2 Å². The second-order valence-corrected chi connectivity index (χ2v) is 9.23. The van der Waals surface area contributed by atoms with Crippen LogP contribution in [-0.2, 0) is 13.1 Å². The summed E-state index contributed by atoms with van der Waals surface area (Å²) >= 11 is 7.24. The fraction of sp³-hybridized carbons (Fsp3) is 0.0909. The quantitative estimate of drug-likeness (QED) is 0.338. The van der Waals surface area contributed by atoms with Crippen molar-refractivity contribution in [1.82, 2.24) is 29.5 Å². The summed E-state index contributed by atoms with van der Waals surface area (Å²) in [6, 6.07) is 5.16. The Balaban J connectivity index is 1.63. The number of carbonyl (C=O) groups is 1. The van der Waals surface area contributed by atoms with Crippen LogP contribution in [0.4, 0.5) is 14.6 Å². The molecule has 5 aromatic heterocycles. The summed E-state index contributed by atoms with van der Waals surface area (Å²) in [5.74, 6) is -2.91. The molecule has 0 saturated heterocycles. The molecule has 14 heteroatoms. The van der Waals surface area contributed by atoms with Gasteiger partial charge in [-0.1, -0.05) is 16.8 Å². The molecule has 0 unspecified atom stereocenters. The van der Waals surface area contributed by atoms with Gasteiger partial charge in [0.25, 0.3) is 11.5 Å². The molecule has 0 aliphatic heterocycles. The number of aromatic nitrogens is 6. The molecular formula is C22H14ClF2N7O3S. The second-order valence-electron chi connectivity index (χ2n) is 7.43. The third-order valence-electron chi connectivity index (χ3n) is 5.05. The van der Waals surface area contributed by atoms with Crippen molar-refractivity contribution in [1.29, 1.82) is 0 Å². The normalized spacial score (nSPS) is 11.1. The minimum atomic E-state index is -0.967. The maximum atomic E-state index is 15.8. The van der Waals surface area contributed by atoms with Gasteiger partial charge in [-0.2, -0.15) is 9.78 Å². The van der Waals surface area contributed by atoms with E-state index < -0.39 is 28.8 Å². The lowest BCUT2D eigenvalue weighted by molar-refractivity contribution is 0.0947. The minimum Gasteiger partial charge on any atom is -0.364 e. The topological polar surface area (TPSA) is 121 Å². The van der Waals surface area contributed by atoms with Gasteiger partial charge in [-0.15, -0.1) is 11.3 Å². The Bertz CT molecular complexity index is 1600. The Labute approximate surface area is 209 Å². The number of hydrogen-bond donors (Lipinski definition) is 1. The predicted molar refractivity (Wildman–Crippen MR) is 126 cm³/mol. The van der Waals surface area contributed by atoms with Crippen LogP contribution in [-0.4, -0.2) is 35.4 Å². The number of hydrogen-bond acceptors (Lipinski definition) is 9. The average Bonchev–Trinajstić information content (AvgIpc) is 3.61. The van der Waals surface area contributed by atoms with Crippen LogP contribution >= 0.6 is 22.9 Å². The maximum Gasteiger partial charge on any atom is 0.285 e. The van der Waals surface area contributed by atoms with E-state index in [0.29, 0.717) is 9.90 Å². The van der Waals surface area contributed by atoms with Crippen molar-refractivity contribution < 1.29 is 18.1 Å². The average molecular weight is 530 g/mol. The van der Waals surface area contributed by atoms with Gasteiger partial charge < -0.3 is 14.4 Å². The van der Waals surface area contributed by atoms with E-state index in [1.54, 1.807) is 12.1 Å². The van der Waals surface area contributed by atoms with Crippen LogP contribution in [0.15, 0.2) is 64.8 Å². The first-order chi connectivity index (χ1) is 17.4. The molecule has 10 nitrogen and oxygen atoms in total. The molecule has 182 valence electrons. The zero-order valence-corrected chi connectivity index (χ0v) is 19.6. The van der Waals surface area contributed by atoms with Crippen molar-refractivity contribution in [3.63, 3.8) is 0 Å². The van der Waals surface area contributed by atoms with Crippen molar-refractivity contribution >= 4 is 34.7 Å². The molecule has 5 rings (SSSR count). The van der Waals surface area contributed by atoms with E-state index in [1.165, 1.54) is 30.1 Å². The zero-order chi connectivity index (χ0) is 25.2. The highest BCUT2D eigenvalue weighted by molar-refractivity contribution is 7.16. The molecule has 1 N–H and O–H groups in total. The molecule has 0 spiro atoms.